The van der Waals surface area contributed by atoms with Gasteiger partial charge in [0.25, 0.3) is 0 Å². The van der Waals surface area contributed by atoms with E-state index in [0.717, 1.165) is 55.1 Å². The number of anilines is 1. The summed E-state index contributed by atoms with van der Waals surface area (Å²) in [5.41, 5.74) is 1.36. The second-order valence-electron chi connectivity index (χ2n) is 9.61. The van der Waals surface area contributed by atoms with Crippen molar-refractivity contribution >= 4 is 39.1 Å². The average molecular weight is 452 g/mol. The van der Waals surface area contributed by atoms with E-state index in [9.17, 15) is 4.79 Å². The lowest BCUT2D eigenvalue weighted by atomic mass is 9.48. The van der Waals surface area contributed by atoms with E-state index in [4.69, 9.17) is 11.6 Å². The lowest BCUT2D eigenvalue weighted by Crippen LogP contribution is -2.55. The van der Waals surface area contributed by atoms with Crippen LogP contribution in [0.15, 0.2) is 24.3 Å². The Hall–Kier alpha value is -0.740. The van der Waals surface area contributed by atoms with E-state index in [0.29, 0.717) is 10.2 Å². The number of para-hydroxylation sites is 1. The first kappa shape index (κ1) is 18.3. The standard InChI is InChI=1S/C22H28BrClN2O/c23-22-12-16-9-17(13-22)11-21(10-16,15-22)14-20(27)26-7-5-25(6-8-26)19-4-2-1-3-18(19)24/h1-4,16-17H,5-15H2/t16-,17-,21?,22?/m1/s1. The molecular weight excluding hydrogens is 424 g/mol. The molecule has 5 aliphatic rings. The zero-order chi connectivity index (χ0) is 18.6. The van der Waals surface area contributed by atoms with E-state index in [1.165, 1.54) is 38.5 Å². The topological polar surface area (TPSA) is 23.6 Å². The summed E-state index contributed by atoms with van der Waals surface area (Å²) in [6, 6.07) is 8.01. The van der Waals surface area contributed by atoms with Crippen LogP contribution in [0.25, 0.3) is 0 Å². The van der Waals surface area contributed by atoms with E-state index >= 15 is 0 Å². The molecule has 4 bridgehead atoms. The van der Waals surface area contributed by atoms with Gasteiger partial charge in [0.05, 0.1) is 10.7 Å². The normalized spacial score (nSPS) is 37.7. The molecule has 5 fully saturated rings. The molecule has 1 aromatic carbocycles. The van der Waals surface area contributed by atoms with Crippen LogP contribution < -0.4 is 4.90 Å². The highest BCUT2D eigenvalue weighted by Crippen LogP contribution is 2.65. The first-order chi connectivity index (χ1) is 12.9. The van der Waals surface area contributed by atoms with Crippen molar-refractivity contribution in [3.63, 3.8) is 0 Å². The Balaban J connectivity index is 1.22. The predicted octanol–water partition coefficient (Wildman–Crippen LogP) is 5.11. The maximum absolute atomic E-state index is 13.2. The van der Waals surface area contributed by atoms with E-state index < -0.39 is 0 Å². The highest BCUT2D eigenvalue weighted by molar-refractivity contribution is 9.10. The fourth-order valence-corrected chi connectivity index (χ4v) is 8.65. The van der Waals surface area contributed by atoms with Gasteiger partial charge < -0.3 is 9.80 Å². The van der Waals surface area contributed by atoms with Crippen molar-refractivity contribution in [2.45, 2.75) is 49.3 Å². The molecule has 1 aromatic rings. The van der Waals surface area contributed by atoms with Gasteiger partial charge in [-0.15, -0.1) is 0 Å². The Labute approximate surface area is 175 Å². The molecule has 0 unspecified atom stereocenters. The minimum Gasteiger partial charge on any atom is -0.367 e. The van der Waals surface area contributed by atoms with Crippen LogP contribution in [0.4, 0.5) is 5.69 Å². The molecule has 3 nitrogen and oxygen atoms in total. The first-order valence-electron chi connectivity index (χ1n) is 10.4. The largest absolute Gasteiger partial charge is 0.367 e. The van der Waals surface area contributed by atoms with Crippen LogP contribution in [0, 0.1) is 17.3 Å². The molecule has 1 heterocycles. The van der Waals surface area contributed by atoms with Crippen molar-refractivity contribution in [1.29, 1.82) is 0 Å². The van der Waals surface area contributed by atoms with Crippen LogP contribution >= 0.6 is 27.5 Å². The molecule has 5 heteroatoms. The number of halogens is 2. The molecular formula is C22H28BrClN2O. The summed E-state index contributed by atoms with van der Waals surface area (Å²) in [7, 11) is 0. The molecule has 0 spiro atoms. The van der Waals surface area contributed by atoms with Gasteiger partial charge >= 0.3 is 0 Å². The molecule has 6 rings (SSSR count). The minimum atomic E-state index is 0.268. The van der Waals surface area contributed by atoms with Gasteiger partial charge in [0.2, 0.25) is 5.91 Å². The maximum Gasteiger partial charge on any atom is 0.223 e. The highest BCUT2D eigenvalue weighted by Gasteiger charge is 2.57. The number of carbonyl (C=O) groups excluding carboxylic acids is 1. The third-order valence-electron chi connectivity index (χ3n) is 7.46. The van der Waals surface area contributed by atoms with Crippen LogP contribution in [-0.4, -0.2) is 41.3 Å². The Kier molecular flexibility index (Phi) is 4.51. The van der Waals surface area contributed by atoms with Crippen LogP contribution in [-0.2, 0) is 4.79 Å². The average Bonchev–Trinajstić information content (AvgIpc) is 2.60. The first-order valence-corrected chi connectivity index (χ1v) is 11.6. The zero-order valence-corrected chi connectivity index (χ0v) is 18.1. The molecule has 4 aliphatic carbocycles. The van der Waals surface area contributed by atoms with Gasteiger partial charge in [-0.3, -0.25) is 4.79 Å². The number of alkyl halides is 1. The lowest BCUT2D eigenvalue weighted by molar-refractivity contribution is -0.138. The molecule has 1 saturated heterocycles. The van der Waals surface area contributed by atoms with Gasteiger partial charge in [-0.2, -0.15) is 0 Å². The fraction of sp³-hybridized carbons (Fsp3) is 0.682. The van der Waals surface area contributed by atoms with Gasteiger partial charge in [0.15, 0.2) is 0 Å². The van der Waals surface area contributed by atoms with E-state index in [2.05, 4.69) is 31.8 Å². The molecule has 4 saturated carbocycles. The quantitative estimate of drug-likeness (QED) is 0.596. The van der Waals surface area contributed by atoms with Crippen LogP contribution in [0.5, 0.6) is 0 Å². The van der Waals surface area contributed by atoms with Crippen LogP contribution in [0.2, 0.25) is 5.02 Å². The molecule has 2 atom stereocenters. The maximum atomic E-state index is 13.2. The Bertz CT molecular complexity index is 732. The van der Waals surface area contributed by atoms with Crippen LogP contribution in [0.3, 0.4) is 0 Å². The number of hydrogen-bond donors (Lipinski definition) is 0. The monoisotopic (exact) mass is 450 g/mol. The number of piperazine rings is 1. The summed E-state index contributed by atoms with van der Waals surface area (Å²) in [5.74, 6) is 2.07. The minimum absolute atomic E-state index is 0.268. The summed E-state index contributed by atoms with van der Waals surface area (Å²) >= 11 is 10.4. The van der Waals surface area contributed by atoms with Crippen molar-refractivity contribution in [3.8, 4) is 0 Å². The van der Waals surface area contributed by atoms with Gasteiger partial charge in [-0.05, 0) is 67.9 Å². The van der Waals surface area contributed by atoms with Crippen molar-refractivity contribution in [2.24, 2.45) is 17.3 Å². The highest BCUT2D eigenvalue weighted by atomic mass is 79.9. The number of nitrogens with zero attached hydrogens (tertiary/aromatic N) is 2. The van der Waals surface area contributed by atoms with E-state index in [1.54, 1.807) is 0 Å². The molecule has 0 N–H and O–H groups in total. The van der Waals surface area contributed by atoms with Crippen LogP contribution in [0.1, 0.15) is 44.9 Å². The molecule has 1 amide bonds. The number of hydrogen-bond acceptors (Lipinski definition) is 2. The van der Waals surface area contributed by atoms with Gasteiger partial charge in [0, 0.05) is 36.9 Å². The number of rotatable bonds is 3. The predicted molar refractivity (Wildman–Crippen MR) is 114 cm³/mol. The number of amides is 1. The molecule has 1 aliphatic heterocycles. The molecule has 0 aromatic heterocycles. The molecule has 27 heavy (non-hydrogen) atoms. The van der Waals surface area contributed by atoms with Crippen molar-refractivity contribution in [2.75, 3.05) is 31.1 Å². The Morgan fingerprint density at radius 3 is 2.37 bits per heavy atom. The fourth-order valence-electron chi connectivity index (χ4n) is 6.88. The molecule has 146 valence electrons. The van der Waals surface area contributed by atoms with E-state index in [-0.39, 0.29) is 5.41 Å². The lowest BCUT2D eigenvalue weighted by Gasteiger charge is -2.60. The van der Waals surface area contributed by atoms with Crippen molar-refractivity contribution in [3.05, 3.63) is 29.3 Å². The Morgan fingerprint density at radius 1 is 1.07 bits per heavy atom. The van der Waals surface area contributed by atoms with Crippen molar-refractivity contribution < 1.29 is 4.79 Å². The van der Waals surface area contributed by atoms with Gasteiger partial charge in [-0.25, -0.2) is 0 Å². The molecule has 0 radical (unpaired) electrons. The Morgan fingerprint density at radius 2 is 1.74 bits per heavy atom. The summed E-state index contributed by atoms with van der Waals surface area (Å²) in [6.07, 6.45) is 8.59. The third-order valence-corrected chi connectivity index (χ3v) is 8.71. The third kappa shape index (κ3) is 3.42. The van der Waals surface area contributed by atoms with Crippen molar-refractivity contribution in [1.82, 2.24) is 4.90 Å². The zero-order valence-electron chi connectivity index (χ0n) is 15.8. The summed E-state index contributed by atoms with van der Waals surface area (Å²) in [6.45, 7) is 3.37. The summed E-state index contributed by atoms with van der Waals surface area (Å²) < 4.78 is 0.333. The smallest absolute Gasteiger partial charge is 0.223 e. The second-order valence-corrected chi connectivity index (χ2v) is 11.7. The SMILES string of the molecule is O=C(CC12C[C@H]3C[C@@H](CC(Br)(C3)C1)C2)N1CCN(c2ccccc2Cl)CC1. The van der Waals surface area contributed by atoms with Gasteiger partial charge in [0.1, 0.15) is 0 Å². The summed E-state index contributed by atoms with van der Waals surface area (Å²) in [5, 5.41) is 0.800. The number of benzene rings is 1. The van der Waals surface area contributed by atoms with Gasteiger partial charge in [-0.1, -0.05) is 39.7 Å². The summed E-state index contributed by atoms with van der Waals surface area (Å²) in [4.78, 5) is 17.6. The second kappa shape index (κ2) is 6.66. The van der Waals surface area contributed by atoms with E-state index in [1.807, 2.05) is 18.2 Å². The number of carbonyl (C=O) groups is 1.